The number of allylic oxidation sites excluding steroid dienone is 4. The molecule has 2 atom stereocenters. The smallest absolute Gasteiger partial charge is 0.101 e. The van der Waals surface area contributed by atoms with E-state index in [-0.39, 0.29) is 12.0 Å². The van der Waals surface area contributed by atoms with Crippen molar-refractivity contribution in [1.82, 2.24) is 0 Å². The fourth-order valence-corrected chi connectivity index (χ4v) is 1.79. The lowest BCUT2D eigenvalue weighted by Gasteiger charge is -2.15. The molecule has 0 heterocycles. The summed E-state index contributed by atoms with van der Waals surface area (Å²) in [5, 5.41) is 10.1. The summed E-state index contributed by atoms with van der Waals surface area (Å²) in [5.41, 5.74) is 0.912. The van der Waals surface area contributed by atoms with Crippen molar-refractivity contribution >= 4 is 6.21 Å². The van der Waals surface area contributed by atoms with Gasteiger partial charge in [-0.25, -0.2) is 0 Å². The molecular formula is C15H17NO. The third-order valence-electron chi connectivity index (χ3n) is 2.87. The molecule has 1 aromatic carbocycles. The Balaban J connectivity index is 1.98. The second kappa shape index (κ2) is 5.60. The molecule has 0 aliphatic heterocycles. The summed E-state index contributed by atoms with van der Waals surface area (Å²) in [4.78, 5) is 4.40. The van der Waals surface area contributed by atoms with Gasteiger partial charge in [-0.2, -0.15) is 0 Å². The Morgan fingerprint density at radius 3 is 2.47 bits per heavy atom. The van der Waals surface area contributed by atoms with Crippen LogP contribution in [0.4, 0.5) is 0 Å². The lowest BCUT2D eigenvalue weighted by molar-refractivity contribution is 0.154. The predicted octanol–water partition coefficient (Wildman–Crippen LogP) is 2.92. The Hall–Kier alpha value is -1.67. The topological polar surface area (TPSA) is 32.6 Å². The van der Waals surface area contributed by atoms with Crippen LogP contribution in [-0.2, 0) is 0 Å². The van der Waals surface area contributed by atoms with Crippen LogP contribution in [0.1, 0.15) is 18.6 Å². The quantitative estimate of drug-likeness (QED) is 0.788. The van der Waals surface area contributed by atoms with E-state index in [1.165, 1.54) is 0 Å². The average Bonchev–Trinajstić information content (AvgIpc) is 2.89. The molecule has 0 saturated carbocycles. The van der Waals surface area contributed by atoms with Crippen LogP contribution in [0.2, 0.25) is 0 Å². The maximum absolute atomic E-state index is 10.1. The SMILES string of the molecule is C[C@H](N=CC1C=CC=C1)[C@H](O)c1ccccc1. The van der Waals surface area contributed by atoms with Crippen molar-refractivity contribution in [2.24, 2.45) is 10.9 Å². The van der Waals surface area contributed by atoms with Gasteiger partial charge in [0.1, 0.15) is 6.10 Å². The number of nitrogens with zero attached hydrogens (tertiary/aromatic N) is 1. The number of aliphatic hydroxyl groups is 1. The molecule has 1 N–H and O–H groups in total. The van der Waals surface area contributed by atoms with Crippen molar-refractivity contribution in [3.63, 3.8) is 0 Å². The highest BCUT2D eigenvalue weighted by atomic mass is 16.3. The number of hydrogen-bond donors (Lipinski definition) is 1. The molecule has 17 heavy (non-hydrogen) atoms. The minimum Gasteiger partial charge on any atom is -0.386 e. The van der Waals surface area contributed by atoms with Gasteiger partial charge < -0.3 is 5.11 Å². The maximum atomic E-state index is 10.1. The number of benzene rings is 1. The Kier molecular flexibility index (Phi) is 3.89. The molecule has 0 aromatic heterocycles. The average molecular weight is 227 g/mol. The standard InChI is InChI=1S/C15H17NO/c1-12(16-11-13-7-5-6-8-13)15(17)14-9-3-2-4-10-14/h2-13,15,17H,1H3/t12-,15-/m0/s1. The second-order valence-corrected chi connectivity index (χ2v) is 4.24. The van der Waals surface area contributed by atoms with Crippen molar-refractivity contribution in [2.45, 2.75) is 19.1 Å². The van der Waals surface area contributed by atoms with Gasteiger partial charge in [-0.3, -0.25) is 4.99 Å². The fourth-order valence-electron chi connectivity index (χ4n) is 1.79. The third kappa shape index (κ3) is 3.14. The molecule has 0 radical (unpaired) electrons. The van der Waals surface area contributed by atoms with E-state index in [9.17, 15) is 5.11 Å². The van der Waals surface area contributed by atoms with E-state index in [1.54, 1.807) is 0 Å². The summed E-state index contributed by atoms with van der Waals surface area (Å²) in [7, 11) is 0. The van der Waals surface area contributed by atoms with E-state index in [1.807, 2.05) is 55.6 Å². The molecular weight excluding hydrogens is 210 g/mol. The molecule has 0 bridgehead atoms. The normalized spacial score (nSPS) is 18.9. The van der Waals surface area contributed by atoms with E-state index >= 15 is 0 Å². The van der Waals surface area contributed by atoms with E-state index in [0.29, 0.717) is 0 Å². The zero-order chi connectivity index (χ0) is 12.1. The van der Waals surface area contributed by atoms with E-state index in [4.69, 9.17) is 0 Å². The van der Waals surface area contributed by atoms with Gasteiger partial charge in [0.15, 0.2) is 0 Å². The van der Waals surface area contributed by atoms with Crippen molar-refractivity contribution < 1.29 is 5.11 Å². The van der Waals surface area contributed by atoms with Crippen LogP contribution in [0.25, 0.3) is 0 Å². The van der Waals surface area contributed by atoms with Crippen LogP contribution in [0.3, 0.4) is 0 Å². The van der Waals surface area contributed by atoms with Gasteiger partial charge in [0.25, 0.3) is 0 Å². The first-order chi connectivity index (χ1) is 8.27. The molecule has 1 aromatic rings. The molecule has 2 heteroatoms. The van der Waals surface area contributed by atoms with Crippen LogP contribution >= 0.6 is 0 Å². The Labute approximate surface area is 102 Å². The van der Waals surface area contributed by atoms with Crippen LogP contribution in [-0.4, -0.2) is 17.4 Å². The second-order valence-electron chi connectivity index (χ2n) is 4.24. The Morgan fingerprint density at radius 2 is 1.82 bits per heavy atom. The van der Waals surface area contributed by atoms with E-state index in [0.717, 1.165) is 5.56 Å². The molecule has 0 amide bonds. The van der Waals surface area contributed by atoms with Crippen LogP contribution in [0.5, 0.6) is 0 Å². The van der Waals surface area contributed by atoms with Crippen molar-refractivity contribution in [3.05, 3.63) is 60.2 Å². The zero-order valence-corrected chi connectivity index (χ0v) is 9.90. The summed E-state index contributed by atoms with van der Waals surface area (Å²) in [6.07, 6.45) is 9.51. The predicted molar refractivity (Wildman–Crippen MR) is 71.1 cm³/mol. The van der Waals surface area contributed by atoms with E-state index < -0.39 is 6.10 Å². The van der Waals surface area contributed by atoms with E-state index in [2.05, 4.69) is 17.1 Å². The minimum atomic E-state index is -0.540. The van der Waals surface area contributed by atoms with Gasteiger partial charge in [-0.05, 0) is 12.5 Å². The number of hydrogen-bond acceptors (Lipinski definition) is 2. The van der Waals surface area contributed by atoms with Crippen molar-refractivity contribution in [1.29, 1.82) is 0 Å². The van der Waals surface area contributed by atoms with Gasteiger partial charge >= 0.3 is 0 Å². The molecule has 2 rings (SSSR count). The Morgan fingerprint density at radius 1 is 1.18 bits per heavy atom. The van der Waals surface area contributed by atoms with Gasteiger partial charge in [0.05, 0.1) is 6.04 Å². The summed E-state index contributed by atoms with van der Waals surface area (Å²) >= 11 is 0. The third-order valence-corrected chi connectivity index (χ3v) is 2.87. The first-order valence-electron chi connectivity index (χ1n) is 5.88. The summed E-state index contributed by atoms with van der Waals surface area (Å²) in [5.74, 6) is 0.278. The van der Waals surface area contributed by atoms with Gasteiger partial charge in [0.2, 0.25) is 0 Å². The fraction of sp³-hybridized carbons (Fsp3) is 0.267. The van der Waals surface area contributed by atoms with Crippen molar-refractivity contribution in [2.75, 3.05) is 0 Å². The molecule has 1 aliphatic carbocycles. The van der Waals surface area contributed by atoms with Crippen LogP contribution in [0, 0.1) is 5.92 Å². The molecule has 0 unspecified atom stereocenters. The highest BCUT2D eigenvalue weighted by molar-refractivity contribution is 5.67. The molecule has 0 fully saturated rings. The number of aliphatic imine (C=N–C) groups is 1. The van der Waals surface area contributed by atoms with Gasteiger partial charge in [-0.15, -0.1) is 0 Å². The molecule has 0 spiro atoms. The minimum absolute atomic E-state index is 0.125. The molecule has 2 nitrogen and oxygen atoms in total. The first kappa shape index (κ1) is 11.8. The molecule has 0 saturated heterocycles. The lowest BCUT2D eigenvalue weighted by Crippen LogP contribution is -2.13. The van der Waals surface area contributed by atoms with Crippen LogP contribution in [0.15, 0.2) is 59.6 Å². The highest BCUT2D eigenvalue weighted by Crippen LogP contribution is 2.18. The Bertz CT molecular complexity index is 421. The largest absolute Gasteiger partial charge is 0.386 e. The van der Waals surface area contributed by atoms with Crippen LogP contribution < -0.4 is 0 Å². The number of rotatable bonds is 4. The lowest BCUT2D eigenvalue weighted by atomic mass is 10.0. The van der Waals surface area contributed by atoms with Gasteiger partial charge in [-0.1, -0.05) is 54.6 Å². The van der Waals surface area contributed by atoms with Crippen molar-refractivity contribution in [3.8, 4) is 0 Å². The molecule has 88 valence electrons. The molecule has 1 aliphatic rings. The summed E-state index contributed by atoms with van der Waals surface area (Å²) in [6, 6.07) is 9.52. The van der Waals surface area contributed by atoms with Gasteiger partial charge in [0, 0.05) is 12.1 Å². The monoisotopic (exact) mass is 227 g/mol. The summed E-state index contributed by atoms with van der Waals surface area (Å²) in [6.45, 7) is 1.93. The maximum Gasteiger partial charge on any atom is 0.101 e. The summed E-state index contributed by atoms with van der Waals surface area (Å²) < 4.78 is 0. The highest BCUT2D eigenvalue weighted by Gasteiger charge is 2.14. The first-order valence-corrected chi connectivity index (χ1v) is 5.88. The number of aliphatic hydroxyl groups excluding tert-OH is 1. The zero-order valence-electron chi connectivity index (χ0n) is 9.90.